The fraction of sp³-hybridized carbons (Fsp3) is 0.500. The molecule has 2 aromatic carbocycles. The summed E-state index contributed by atoms with van der Waals surface area (Å²) < 4.78 is 37.3. The quantitative estimate of drug-likeness (QED) is 0.150. The summed E-state index contributed by atoms with van der Waals surface area (Å²) in [7, 11) is 0. The van der Waals surface area contributed by atoms with Gasteiger partial charge in [-0.25, -0.2) is 9.78 Å². The van der Waals surface area contributed by atoms with E-state index in [1.54, 1.807) is 71.9 Å². The number of aromatic nitrogens is 2. The van der Waals surface area contributed by atoms with Crippen LogP contribution in [0.25, 0.3) is 0 Å². The van der Waals surface area contributed by atoms with Crippen LogP contribution in [0.1, 0.15) is 101 Å². The molecule has 3 heterocycles. The minimum absolute atomic E-state index is 0.0373. The monoisotopic (exact) mass is 888 g/mol. The fourth-order valence-electron chi connectivity index (χ4n) is 7.73. The van der Waals surface area contributed by atoms with Crippen LogP contribution in [0.15, 0.2) is 73.2 Å². The van der Waals surface area contributed by atoms with Gasteiger partial charge in [-0.15, -0.1) is 0 Å². The molecule has 2 aliphatic rings. The second-order valence-electron chi connectivity index (χ2n) is 17.7. The van der Waals surface area contributed by atoms with Crippen molar-refractivity contribution in [2.24, 2.45) is 11.3 Å². The fourth-order valence-corrected chi connectivity index (χ4v) is 7.73. The zero-order valence-electron chi connectivity index (χ0n) is 37.2. The number of carbonyl (C=O) groups is 7. The van der Waals surface area contributed by atoms with Crippen molar-refractivity contribution in [2.75, 3.05) is 13.1 Å². The van der Waals surface area contributed by atoms with Gasteiger partial charge in [-0.3, -0.25) is 33.8 Å². The average molecular weight is 889 g/mol. The first-order valence-corrected chi connectivity index (χ1v) is 21.5. The normalized spacial score (nSPS) is 18.2. The summed E-state index contributed by atoms with van der Waals surface area (Å²) in [6, 6.07) is 9.31. The molecule has 1 fully saturated rings. The first-order valence-electron chi connectivity index (χ1n) is 21.5. The minimum Gasteiger partial charge on any atom is -0.444 e. The summed E-state index contributed by atoms with van der Waals surface area (Å²) in [5.41, 5.74) is 1.50. The topological polar surface area (TPSA) is 209 Å². The molecular weight excluding hydrogens is 831 g/mol. The number of ether oxygens (including phenoxy) is 1. The van der Waals surface area contributed by atoms with E-state index in [1.165, 1.54) is 30.4 Å². The zero-order chi connectivity index (χ0) is 46.9. The number of carbonyl (C=O) groups excluding carboxylic acids is 7. The maximum Gasteiger partial charge on any atom is 0.410 e. The molecule has 18 heteroatoms. The number of ketones is 1. The first kappa shape index (κ1) is 48.7. The molecule has 0 radical (unpaired) electrons. The molecule has 16 nitrogen and oxygen atoms in total. The van der Waals surface area contributed by atoms with Crippen molar-refractivity contribution in [3.05, 3.63) is 95.6 Å². The number of nitrogens with zero attached hydrogens (tertiary/aromatic N) is 4. The van der Waals surface area contributed by atoms with E-state index >= 15 is 8.78 Å². The van der Waals surface area contributed by atoms with Crippen LogP contribution in [0.4, 0.5) is 13.6 Å². The zero-order valence-corrected chi connectivity index (χ0v) is 37.2. The Morgan fingerprint density at radius 2 is 1.55 bits per heavy atom. The van der Waals surface area contributed by atoms with Crippen LogP contribution in [-0.2, 0) is 41.7 Å². The van der Waals surface area contributed by atoms with E-state index in [9.17, 15) is 33.6 Å². The molecule has 4 N–H and O–H groups in total. The Labute approximate surface area is 371 Å². The van der Waals surface area contributed by atoms with E-state index in [0.717, 1.165) is 16.0 Å². The maximum absolute atomic E-state index is 15.7. The molecule has 3 aromatic rings. The lowest BCUT2D eigenvalue weighted by molar-refractivity contribution is -0.161. The van der Waals surface area contributed by atoms with Gasteiger partial charge >= 0.3 is 12.0 Å². The van der Waals surface area contributed by atoms with Crippen LogP contribution in [0, 0.1) is 11.3 Å². The smallest absolute Gasteiger partial charge is 0.410 e. The molecule has 1 aromatic heterocycles. The molecule has 2 aliphatic heterocycles. The van der Waals surface area contributed by atoms with Gasteiger partial charge in [0.2, 0.25) is 23.5 Å². The van der Waals surface area contributed by atoms with Crippen molar-refractivity contribution in [3.63, 3.8) is 0 Å². The second kappa shape index (κ2) is 20.9. The second-order valence-corrected chi connectivity index (χ2v) is 17.7. The molecule has 5 rings (SSSR count). The number of benzene rings is 2. The predicted octanol–water partition coefficient (Wildman–Crippen LogP) is 4.29. The van der Waals surface area contributed by atoms with Gasteiger partial charge in [0.1, 0.15) is 29.9 Å². The van der Waals surface area contributed by atoms with Crippen LogP contribution >= 0.6 is 0 Å². The summed E-state index contributed by atoms with van der Waals surface area (Å²) >= 11 is 0. The molecule has 0 bridgehead atoms. The predicted molar refractivity (Wildman–Crippen MR) is 230 cm³/mol. The third kappa shape index (κ3) is 11.8. The number of hydrogen-bond acceptors (Lipinski definition) is 10. The SMILES string of the molecule is CCC[C@H](NC(=O)[C@@H]1CC(OC(=O)N2CCc3ccccc3C2)CN1C(=O)[C@H](NC(=O)[C@H](NC(=O)c1cnccn1)C(C)C)C(C)(C)C)C(=O)C(F)(F)C(=O)N[C@@H](C)c1ccccc1. The molecule has 64 heavy (non-hydrogen) atoms. The molecule has 1 saturated heterocycles. The summed E-state index contributed by atoms with van der Waals surface area (Å²) in [6.45, 7) is 11.8. The van der Waals surface area contributed by atoms with E-state index in [2.05, 4.69) is 31.2 Å². The van der Waals surface area contributed by atoms with Crippen LogP contribution < -0.4 is 21.3 Å². The number of nitrogens with one attached hydrogen (secondary N) is 4. The highest BCUT2D eigenvalue weighted by Gasteiger charge is 2.52. The van der Waals surface area contributed by atoms with E-state index < -0.39 is 95.0 Å². The Morgan fingerprint density at radius 3 is 2.17 bits per heavy atom. The van der Waals surface area contributed by atoms with Crippen molar-refractivity contribution in [2.45, 2.75) is 123 Å². The molecule has 6 amide bonds. The summed E-state index contributed by atoms with van der Waals surface area (Å²) in [5, 5.41) is 9.98. The van der Waals surface area contributed by atoms with Crippen molar-refractivity contribution < 1.29 is 47.1 Å². The van der Waals surface area contributed by atoms with Gasteiger partial charge in [0.15, 0.2) is 0 Å². The molecule has 0 spiro atoms. The van der Waals surface area contributed by atoms with Crippen molar-refractivity contribution in [1.82, 2.24) is 41.0 Å². The van der Waals surface area contributed by atoms with Gasteiger partial charge in [-0.1, -0.05) is 103 Å². The van der Waals surface area contributed by atoms with Crippen LogP contribution in [0.3, 0.4) is 0 Å². The number of rotatable bonds is 16. The number of Topliss-reactive ketones (excluding diaryl/α,β-unsaturated/α-hetero) is 1. The Hall–Kier alpha value is -6.33. The highest BCUT2D eigenvalue weighted by Crippen LogP contribution is 2.30. The number of alkyl halides is 2. The molecule has 1 unspecified atom stereocenters. The highest BCUT2D eigenvalue weighted by molar-refractivity contribution is 6.11. The van der Waals surface area contributed by atoms with E-state index in [1.807, 2.05) is 24.3 Å². The van der Waals surface area contributed by atoms with Crippen LogP contribution in [0.5, 0.6) is 0 Å². The van der Waals surface area contributed by atoms with Crippen LogP contribution in [0.2, 0.25) is 0 Å². The standard InChI is InChI=1S/C46H58F2N8O8/c1-8-14-33(38(57)46(47,48)43(62)51-28(4)29-15-10-9-11-16-29)52-40(59)35-23-32(64-44(63)55-22-19-30-17-12-13-18-31(30)25-55)26-56(35)42(61)37(45(5,6)7)54-41(60)36(27(2)3)53-39(58)34-24-49-20-21-50-34/h9-13,15-18,20-21,24,27-28,32-33,35-37H,8,14,19,22-23,25-26H2,1-7H3,(H,51,62)(H,52,59)(H,53,58)(H,54,60)/t28-,32?,33-,35-,36+,37-/m0/s1. The van der Waals surface area contributed by atoms with Gasteiger partial charge in [-0.05, 0) is 47.8 Å². The van der Waals surface area contributed by atoms with Crippen molar-refractivity contribution in [3.8, 4) is 0 Å². The Kier molecular flexibility index (Phi) is 15.9. The van der Waals surface area contributed by atoms with Gasteiger partial charge in [0.05, 0.1) is 24.8 Å². The number of halogens is 2. The van der Waals surface area contributed by atoms with Gasteiger partial charge in [0.25, 0.3) is 11.8 Å². The molecule has 344 valence electrons. The van der Waals surface area contributed by atoms with Crippen LogP contribution in [-0.4, -0.2) is 110 Å². The van der Waals surface area contributed by atoms with E-state index in [-0.39, 0.29) is 38.0 Å². The summed E-state index contributed by atoms with van der Waals surface area (Å²) in [4.78, 5) is 107. The van der Waals surface area contributed by atoms with E-state index in [0.29, 0.717) is 18.5 Å². The Bertz CT molecular complexity index is 2170. The Morgan fingerprint density at radius 1 is 0.875 bits per heavy atom. The maximum atomic E-state index is 15.7. The largest absolute Gasteiger partial charge is 0.444 e. The Balaban J connectivity index is 1.39. The average Bonchev–Trinajstić information content (AvgIpc) is 3.70. The van der Waals surface area contributed by atoms with Crippen molar-refractivity contribution in [1.29, 1.82) is 0 Å². The van der Waals surface area contributed by atoms with Gasteiger partial charge in [0, 0.05) is 31.9 Å². The molecular formula is C46H58F2N8O8. The van der Waals surface area contributed by atoms with Gasteiger partial charge < -0.3 is 35.8 Å². The minimum atomic E-state index is -4.55. The number of amides is 6. The first-order chi connectivity index (χ1) is 30.2. The third-order valence-electron chi connectivity index (χ3n) is 11.4. The van der Waals surface area contributed by atoms with Crippen molar-refractivity contribution >= 4 is 41.4 Å². The lowest BCUT2D eigenvalue weighted by Gasteiger charge is -2.36. The highest BCUT2D eigenvalue weighted by atomic mass is 19.3. The summed E-state index contributed by atoms with van der Waals surface area (Å²) in [5.74, 6) is -11.9. The van der Waals surface area contributed by atoms with Gasteiger partial charge in [-0.2, -0.15) is 8.78 Å². The number of hydrogen-bond donors (Lipinski definition) is 4. The molecule has 6 atom stereocenters. The molecule has 0 aliphatic carbocycles. The lowest BCUT2D eigenvalue weighted by atomic mass is 9.85. The molecule has 0 saturated carbocycles. The number of likely N-dealkylation sites (tertiary alicyclic amines) is 1. The summed E-state index contributed by atoms with van der Waals surface area (Å²) in [6.07, 6.45) is 2.37. The number of fused-ring (bicyclic) bond motifs is 1. The van der Waals surface area contributed by atoms with E-state index in [4.69, 9.17) is 4.74 Å². The third-order valence-corrected chi connectivity index (χ3v) is 11.4. The lowest BCUT2D eigenvalue weighted by Crippen LogP contribution is -2.62.